The minimum atomic E-state index is -4.25. The first-order valence-electron chi connectivity index (χ1n) is 15.6. The van der Waals surface area contributed by atoms with Gasteiger partial charge in [0.05, 0.1) is 11.8 Å². The Morgan fingerprint density at radius 1 is 0.978 bits per heavy atom. The van der Waals surface area contributed by atoms with Crippen LogP contribution >= 0.6 is 11.3 Å². The highest BCUT2D eigenvalue weighted by Crippen LogP contribution is 2.44. The third kappa shape index (κ3) is 5.94. The summed E-state index contributed by atoms with van der Waals surface area (Å²) in [6, 6.07) is 10.4. The summed E-state index contributed by atoms with van der Waals surface area (Å²) in [6.45, 7) is 10.9. The first kappa shape index (κ1) is 30.6. The molecule has 0 saturated carbocycles. The Morgan fingerprint density at radius 3 is 2.52 bits per heavy atom. The normalized spacial score (nSPS) is 18.8. The maximum atomic E-state index is 13.1. The van der Waals surface area contributed by atoms with Gasteiger partial charge in [0.2, 0.25) is 0 Å². The number of aromatic nitrogens is 5. The van der Waals surface area contributed by atoms with Crippen LogP contribution in [0.3, 0.4) is 0 Å². The summed E-state index contributed by atoms with van der Waals surface area (Å²) in [7, 11) is 0. The number of thiophene rings is 1. The lowest BCUT2D eigenvalue weighted by molar-refractivity contribution is -0.126. The van der Waals surface area contributed by atoms with Crippen molar-refractivity contribution in [3.05, 3.63) is 75.6 Å². The molecule has 2 fully saturated rings. The molecule has 2 saturated heterocycles. The van der Waals surface area contributed by atoms with Gasteiger partial charge < -0.3 is 9.47 Å². The van der Waals surface area contributed by atoms with Crippen LogP contribution in [0.25, 0.3) is 21.1 Å². The molecule has 46 heavy (non-hydrogen) atoms. The van der Waals surface area contributed by atoms with E-state index in [4.69, 9.17) is 4.98 Å². The zero-order valence-corrected chi connectivity index (χ0v) is 27.0. The number of nitriles is 1. The van der Waals surface area contributed by atoms with E-state index in [2.05, 4.69) is 54.4 Å². The van der Waals surface area contributed by atoms with E-state index in [1.165, 1.54) is 11.1 Å². The summed E-state index contributed by atoms with van der Waals surface area (Å²) in [5.74, 6) is 2.09. The van der Waals surface area contributed by atoms with Gasteiger partial charge in [-0.25, -0.2) is 19.9 Å². The van der Waals surface area contributed by atoms with Gasteiger partial charge in [0, 0.05) is 66.3 Å². The molecule has 1 atom stereocenters. The van der Waals surface area contributed by atoms with Gasteiger partial charge in [-0.3, -0.25) is 4.90 Å². The van der Waals surface area contributed by atoms with E-state index < -0.39 is 12.6 Å². The maximum absolute atomic E-state index is 13.1. The summed E-state index contributed by atoms with van der Waals surface area (Å²) in [4.78, 5) is 23.5. The van der Waals surface area contributed by atoms with E-state index in [1.54, 1.807) is 13.0 Å². The third-order valence-electron chi connectivity index (χ3n) is 9.60. The van der Waals surface area contributed by atoms with E-state index in [-0.39, 0.29) is 10.3 Å². The van der Waals surface area contributed by atoms with Crippen molar-refractivity contribution in [3.63, 3.8) is 0 Å². The highest BCUT2D eigenvalue weighted by molar-refractivity contribution is 7.18. The summed E-state index contributed by atoms with van der Waals surface area (Å²) in [5.41, 5.74) is 5.33. The highest BCUT2D eigenvalue weighted by Gasteiger charge is 2.44. The van der Waals surface area contributed by atoms with E-state index in [1.807, 2.05) is 25.4 Å². The van der Waals surface area contributed by atoms with Crippen LogP contribution in [-0.4, -0.2) is 61.8 Å². The molecule has 7 rings (SSSR count). The largest absolute Gasteiger partial charge is 0.393 e. The highest BCUT2D eigenvalue weighted by atomic mass is 32.1. The second kappa shape index (κ2) is 11.6. The molecule has 4 aromatic heterocycles. The molecule has 0 radical (unpaired) electrons. The Balaban J connectivity index is 1.06. The third-order valence-corrected chi connectivity index (χ3v) is 10.6. The van der Waals surface area contributed by atoms with E-state index in [0.717, 1.165) is 96.8 Å². The number of hydrogen-bond acceptors (Lipinski definition) is 8. The number of rotatable bonds is 7. The van der Waals surface area contributed by atoms with Gasteiger partial charge in [-0.1, -0.05) is 6.07 Å². The Bertz CT molecular complexity index is 1970. The fraction of sp³-hybridized carbons (Fsp3) is 0.441. The van der Waals surface area contributed by atoms with Gasteiger partial charge in [0.1, 0.15) is 34.1 Å². The van der Waals surface area contributed by atoms with Gasteiger partial charge in [0.15, 0.2) is 0 Å². The van der Waals surface area contributed by atoms with Gasteiger partial charge in [-0.15, -0.1) is 11.3 Å². The smallest absolute Gasteiger partial charge is 0.355 e. The quantitative estimate of drug-likeness (QED) is 0.195. The molecule has 6 heterocycles. The van der Waals surface area contributed by atoms with Crippen molar-refractivity contribution in [1.82, 2.24) is 29.4 Å². The molecule has 0 bridgehead atoms. The molecule has 1 aromatic carbocycles. The number of likely N-dealkylation sites (tertiary alicyclic amines) is 1. The molecule has 0 N–H and O–H groups in total. The Morgan fingerprint density at radius 2 is 1.76 bits per heavy atom. The zero-order chi connectivity index (χ0) is 32.2. The Hall–Kier alpha value is -4.08. The number of fused-ring (bicyclic) bond motifs is 2. The fourth-order valence-corrected chi connectivity index (χ4v) is 8.35. The number of alkyl halides is 3. The van der Waals surface area contributed by atoms with Gasteiger partial charge in [-0.05, 0) is 81.5 Å². The number of anilines is 1. The molecule has 1 spiro atoms. The van der Waals surface area contributed by atoms with Crippen molar-refractivity contribution in [2.24, 2.45) is 5.41 Å². The molecular weight excluding hydrogens is 609 g/mol. The minimum absolute atomic E-state index is 0.116. The van der Waals surface area contributed by atoms with Crippen LogP contribution in [0.15, 0.2) is 36.7 Å². The van der Waals surface area contributed by atoms with Crippen molar-refractivity contribution in [1.29, 1.82) is 5.26 Å². The Kier molecular flexibility index (Phi) is 7.72. The van der Waals surface area contributed by atoms with E-state index >= 15 is 0 Å². The molecule has 2 aliphatic rings. The fourth-order valence-electron chi connectivity index (χ4n) is 7.25. The molecule has 2 aliphatic heterocycles. The number of aryl methyl sites for hydroxylation is 5. The molecule has 1 unspecified atom stereocenters. The average Bonchev–Trinajstić information content (AvgIpc) is 3.78. The predicted molar refractivity (Wildman–Crippen MR) is 173 cm³/mol. The van der Waals surface area contributed by atoms with Gasteiger partial charge in [-0.2, -0.15) is 18.4 Å². The van der Waals surface area contributed by atoms with E-state index in [0.29, 0.717) is 22.9 Å². The lowest BCUT2D eigenvalue weighted by Crippen LogP contribution is -2.31. The molecule has 238 valence electrons. The summed E-state index contributed by atoms with van der Waals surface area (Å²) >= 11 is 1.11. The molecule has 0 amide bonds. The number of hydrogen-bond donors (Lipinski definition) is 0. The van der Waals surface area contributed by atoms with Crippen molar-refractivity contribution in [2.75, 3.05) is 31.1 Å². The van der Waals surface area contributed by atoms with Gasteiger partial charge in [0.25, 0.3) is 0 Å². The van der Waals surface area contributed by atoms with E-state index in [9.17, 15) is 18.4 Å². The molecule has 12 heteroatoms. The number of benzene rings is 1. The van der Waals surface area contributed by atoms with Crippen molar-refractivity contribution < 1.29 is 13.2 Å². The SMILES string of the molecule is Cc1ncc(CCn2c(C#N)cc3c(C)c(CN4CCC5(CCN(c6nc(C)nc7sc(CC(F)(F)F)cc67)C5)C4)ccc32)cn1. The average molecular weight is 645 g/mol. The molecule has 8 nitrogen and oxygen atoms in total. The van der Waals surface area contributed by atoms with Crippen LogP contribution < -0.4 is 4.90 Å². The Labute approximate surface area is 269 Å². The molecule has 0 aliphatic carbocycles. The van der Waals surface area contributed by atoms with Crippen molar-refractivity contribution in [2.45, 2.75) is 65.7 Å². The maximum Gasteiger partial charge on any atom is 0.393 e. The monoisotopic (exact) mass is 644 g/mol. The second-order valence-corrected chi connectivity index (χ2v) is 14.0. The van der Waals surface area contributed by atoms with Crippen molar-refractivity contribution >= 4 is 38.3 Å². The van der Waals surface area contributed by atoms with Gasteiger partial charge >= 0.3 is 6.18 Å². The van der Waals surface area contributed by atoms with Crippen LogP contribution in [0.5, 0.6) is 0 Å². The first-order chi connectivity index (χ1) is 22.0. The van der Waals surface area contributed by atoms with Crippen LogP contribution in [0.2, 0.25) is 0 Å². The summed E-state index contributed by atoms with van der Waals surface area (Å²) in [5, 5.41) is 11.8. The topological polar surface area (TPSA) is 86.8 Å². The minimum Gasteiger partial charge on any atom is -0.355 e. The lowest BCUT2D eigenvalue weighted by atomic mass is 9.86. The lowest BCUT2D eigenvalue weighted by Gasteiger charge is -2.26. The standard InChI is InChI=1S/C34H35F3N8S/c1-21-25(4-5-30-28(21)12-26(15-38)45(30)9-6-24-16-39-22(2)40-17-24)18-43-10-7-33(19-43)8-11-44(20-33)31-29-13-27(14-34(35,36)37)46-32(29)42-23(3)41-31/h4-5,12-13,16-17H,6-11,14,18-20H2,1-3H3. The van der Waals surface area contributed by atoms with Crippen LogP contribution in [-0.2, 0) is 25.9 Å². The first-order valence-corrected chi connectivity index (χ1v) is 16.4. The van der Waals surface area contributed by atoms with Crippen LogP contribution in [0.1, 0.15) is 51.8 Å². The van der Waals surface area contributed by atoms with Crippen LogP contribution in [0, 0.1) is 37.5 Å². The molecular formula is C34H35F3N8S. The molecule has 5 aromatic rings. The predicted octanol–water partition coefficient (Wildman–Crippen LogP) is 6.68. The van der Waals surface area contributed by atoms with Crippen LogP contribution in [0.4, 0.5) is 19.0 Å². The zero-order valence-electron chi connectivity index (χ0n) is 26.2. The second-order valence-electron chi connectivity index (χ2n) is 12.9. The van der Waals surface area contributed by atoms with Crippen molar-refractivity contribution in [3.8, 4) is 6.07 Å². The number of halogens is 3. The summed E-state index contributed by atoms with van der Waals surface area (Å²) < 4.78 is 41.4. The summed E-state index contributed by atoms with van der Waals surface area (Å²) in [6.07, 6.45) is 1.33. The number of nitrogens with zero attached hydrogens (tertiary/aromatic N) is 8.